The first kappa shape index (κ1) is 20.2. The summed E-state index contributed by atoms with van der Waals surface area (Å²) in [6.45, 7) is 0. The molecule has 7 nitrogen and oxygen atoms in total. The first-order valence-electron chi connectivity index (χ1n) is 8.20. The Morgan fingerprint density at radius 2 is 1.56 bits per heavy atom. The van der Waals surface area contributed by atoms with E-state index in [-0.39, 0.29) is 18.6 Å². The molecular weight excluding hydrogens is 352 g/mol. The monoisotopic (exact) mass is 374 g/mol. The van der Waals surface area contributed by atoms with E-state index < -0.39 is 17.4 Å². The molecule has 0 unspecified atom stereocenters. The van der Waals surface area contributed by atoms with Gasteiger partial charge in [0.15, 0.2) is 22.7 Å². The molecule has 0 bridgehead atoms. The van der Waals surface area contributed by atoms with E-state index in [2.05, 4.69) is 0 Å². The van der Waals surface area contributed by atoms with Crippen LogP contribution >= 0.6 is 0 Å². The van der Waals surface area contributed by atoms with Crippen LogP contribution in [0.4, 0.5) is 0 Å². The zero-order valence-electron chi connectivity index (χ0n) is 15.7. The van der Waals surface area contributed by atoms with Crippen molar-refractivity contribution in [2.75, 3.05) is 28.4 Å². The van der Waals surface area contributed by atoms with Gasteiger partial charge in [0.25, 0.3) is 0 Å². The van der Waals surface area contributed by atoms with E-state index in [1.54, 1.807) is 31.4 Å². The molecule has 1 aliphatic carbocycles. The number of esters is 2. The molecular formula is C20H22O7. The minimum Gasteiger partial charge on any atom is -0.493 e. The maximum absolute atomic E-state index is 12.3. The number of carbonyl (C=O) groups is 3. The lowest BCUT2D eigenvalue weighted by Crippen LogP contribution is -2.44. The van der Waals surface area contributed by atoms with E-state index in [4.69, 9.17) is 18.9 Å². The van der Waals surface area contributed by atoms with Gasteiger partial charge < -0.3 is 18.9 Å². The molecule has 0 aliphatic heterocycles. The third-order valence-electron chi connectivity index (χ3n) is 4.38. The Morgan fingerprint density at radius 1 is 0.926 bits per heavy atom. The molecule has 0 spiro atoms. The molecule has 0 saturated heterocycles. The van der Waals surface area contributed by atoms with E-state index >= 15 is 0 Å². The Bertz CT molecular complexity index is 789. The van der Waals surface area contributed by atoms with Crippen LogP contribution < -0.4 is 9.47 Å². The highest BCUT2D eigenvalue weighted by molar-refractivity contribution is 6.08. The molecule has 1 aliphatic rings. The topological polar surface area (TPSA) is 88.1 Å². The minimum atomic E-state index is -1.66. The zero-order valence-corrected chi connectivity index (χ0v) is 15.7. The van der Waals surface area contributed by atoms with Crippen LogP contribution in [0.5, 0.6) is 11.5 Å². The smallest absolute Gasteiger partial charge is 0.324 e. The predicted octanol–water partition coefficient (Wildman–Crippen LogP) is 2.34. The molecule has 0 saturated carbocycles. The van der Waals surface area contributed by atoms with Crippen molar-refractivity contribution >= 4 is 23.8 Å². The summed E-state index contributed by atoms with van der Waals surface area (Å²) in [4.78, 5) is 36.7. The van der Waals surface area contributed by atoms with Gasteiger partial charge in [-0.05, 0) is 35.8 Å². The van der Waals surface area contributed by atoms with Crippen molar-refractivity contribution in [1.82, 2.24) is 0 Å². The van der Waals surface area contributed by atoms with E-state index in [0.29, 0.717) is 17.1 Å². The highest BCUT2D eigenvalue weighted by Crippen LogP contribution is 2.38. The van der Waals surface area contributed by atoms with E-state index in [1.165, 1.54) is 27.4 Å². The Kier molecular flexibility index (Phi) is 6.39. The number of methoxy groups -OCH3 is 4. The van der Waals surface area contributed by atoms with Crippen LogP contribution in [0.1, 0.15) is 18.4 Å². The number of hydrogen-bond acceptors (Lipinski definition) is 7. The molecule has 7 heteroatoms. The van der Waals surface area contributed by atoms with Gasteiger partial charge in [-0.2, -0.15) is 0 Å². The summed E-state index contributed by atoms with van der Waals surface area (Å²) in [6, 6.07) is 5.34. The molecule has 27 heavy (non-hydrogen) atoms. The van der Waals surface area contributed by atoms with Crippen LogP contribution in [-0.2, 0) is 23.9 Å². The van der Waals surface area contributed by atoms with Crippen molar-refractivity contribution in [1.29, 1.82) is 0 Å². The summed E-state index contributed by atoms with van der Waals surface area (Å²) < 4.78 is 20.0. The van der Waals surface area contributed by atoms with Crippen molar-refractivity contribution in [3.05, 3.63) is 41.5 Å². The Balaban J connectivity index is 2.33. The van der Waals surface area contributed by atoms with Gasteiger partial charge in [-0.15, -0.1) is 0 Å². The van der Waals surface area contributed by atoms with Crippen LogP contribution in [0.3, 0.4) is 0 Å². The molecule has 0 amide bonds. The van der Waals surface area contributed by atoms with Crippen LogP contribution in [0.2, 0.25) is 0 Å². The number of hydrogen-bond donors (Lipinski definition) is 0. The van der Waals surface area contributed by atoms with Crippen molar-refractivity contribution in [3.63, 3.8) is 0 Å². The first-order chi connectivity index (χ1) is 12.9. The van der Waals surface area contributed by atoms with Gasteiger partial charge in [0.05, 0.1) is 28.4 Å². The molecule has 0 heterocycles. The number of ether oxygens (including phenoxy) is 4. The van der Waals surface area contributed by atoms with Gasteiger partial charge in [-0.25, -0.2) is 0 Å². The summed E-state index contributed by atoms with van der Waals surface area (Å²) in [5.74, 6) is -0.756. The number of rotatable bonds is 6. The zero-order chi connectivity index (χ0) is 20.0. The van der Waals surface area contributed by atoms with Crippen molar-refractivity contribution in [2.24, 2.45) is 5.41 Å². The average molecular weight is 374 g/mol. The van der Waals surface area contributed by atoms with Crippen LogP contribution in [0.15, 0.2) is 35.9 Å². The SMILES string of the molecule is COC(=O)C1(C(=O)OC)CC(=O)C=C(/C=C/c2ccc(OC)c(OC)c2)C1. The lowest BCUT2D eigenvalue weighted by atomic mass is 9.73. The van der Waals surface area contributed by atoms with Gasteiger partial charge in [-0.1, -0.05) is 18.2 Å². The summed E-state index contributed by atoms with van der Waals surface area (Å²) in [5, 5.41) is 0. The highest BCUT2D eigenvalue weighted by atomic mass is 16.5. The molecule has 144 valence electrons. The molecule has 1 aromatic carbocycles. The Labute approximate surface area is 157 Å². The maximum atomic E-state index is 12.3. The van der Waals surface area contributed by atoms with Gasteiger partial charge in [-0.3, -0.25) is 14.4 Å². The third kappa shape index (κ3) is 4.19. The number of carbonyl (C=O) groups excluding carboxylic acids is 3. The van der Waals surface area contributed by atoms with Crippen LogP contribution in [-0.4, -0.2) is 46.2 Å². The second kappa shape index (κ2) is 8.53. The van der Waals surface area contributed by atoms with Gasteiger partial charge >= 0.3 is 11.9 Å². The van der Waals surface area contributed by atoms with E-state index in [0.717, 1.165) is 5.56 Å². The predicted molar refractivity (Wildman–Crippen MR) is 97.4 cm³/mol. The molecule has 0 radical (unpaired) electrons. The summed E-state index contributed by atoms with van der Waals surface area (Å²) in [6.07, 6.45) is 4.59. The molecule has 0 aromatic heterocycles. The molecule has 2 rings (SSSR count). The highest BCUT2D eigenvalue weighted by Gasteiger charge is 2.51. The van der Waals surface area contributed by atoms with Crippen molar-refractivity contribution in [2.45, 2.75) is 12.8 Å². The standard InChI is InChI=1S/C20H22O7/c1-24-16-8-7-13(10-17(16)25-2)5-6-14-9-15(21)12-20(11-14,18(22)26-3)19(23)27-4/h5-10H,11-12H2,1-4H3/b6-5+. The van der Waals surface area contributed by atoms with Crippen LogP contribution in [0, 0.1) is 5.41 Å². The lowest BCUT2D eigenvalue weighted by Gasteiger charge is -2.30. The number of allylic oxidation sites excluding steroid dienone is 3. The second-order valence-electron chi connectivity index (χ2n) is 6.05. The van der Waals surface area contributed by atoms with Gasteiger partial charge in [0, 0.05) is 6.42 Å². The first-order valence-corrected chi connectivity index (χ1v) is 8.20. The number of benzene rings is 1. The summed E-state index contributed by atoms with van der Waals surface area (Å²) in [7, 11) is 5.43. The Morgan fingerprint density at radius 3 is 2.11 bits per heavy atom. The average Bonchev–Trinajstić information content (AvgIpc) is 2.69. The number of ketones is 1. The fraction of sp³-hybridized carbons (Fsp3) is 0.350. The van der Waals surface area contributed by atoms with E-state index in [9.17, 15) is 14.4 Å². The molecule has 0 N–H and O–H groups in total. The van der Waals surface area contributed by atoms with Crippen LogP contribution in [0.25, 0.3) is 6.08 Å². The van der Waals surface area contributed by atoms with Crippen molar-refractivity contribution < 1.29 is 33.3 Å². The van der Waals surface area contributed by atoms with Gasteiger partial charge in [0.2, 0.25) is 0 Å². The fourth-order valence-corrected chi connectivity index (χ4v) is 3.05. The maximum Gasteiger partial charge on any atom is 0.324 e. The third-order valence-corrected chi connectivity index (χ3v) is 4.38. The quantitative estimate of drug-likeness (QED) is 0.558. The summed E-state index contributed by atoms with van der Waals surface area (Å²) >= 11 is 0. The van der Waals surface area contributed by atoms with E-state index in [1.807, 2.05) is 6.07 Å². The molecule has 0 atom stereocenters. The normalized spacial score (nSPS) is 15.9. The lowest BCUT2D eigenvalue weighted by molar-refractivity contribution is -0.171. The molecule has 0 fully saturated rings. The summed E-state index contributed by atoms with van der Waals surface area (Å²) in [5.41, 5.74) is -0.336. The largest absolute Gasteiger partial charge is 0.493 e. The minimum absolute atomic E-state index is 0.0158. The fourth-order valence-electron chi connectivity index (χ4n) is 3.05. The Hall–Kier alpha value is -3.09. The van der Waals surface area contributed by atoms with Gasteiger partial charge in [0.1, 0.15) is 0 Å². The van der Waals surface area contributed by atoms with Crippen molar-refractivity contribution in [3.8, 4) is 11.5 Å². The second-order valence-corrected chi connectivity index (χ2v) is 6.05. The molecule has 1 aromatic rings.